The molecule has 0 spiro atoms. The highest BCUT2D eigenvalue weighted by atomic mass is 16.5. The summed E-state index contributed by atoms with van der Waals surface area (Å²) in [5.74, 6) is 0.705. The lowest BCUT2D eigenvalue weighted by Gasteiger charge is -2.27. The van der Waals surface area contributed by atoms with Crippen molar-refractivity contribution in [1.82, 2.24) is 5.32 Å². The summed E-state index contributed by atoms with van der Waals surface area (Å²) in [7, 11) is 1.68. The fourth-order valence-electron chi connectivity index (χ4n) is 2.10. The van der Waals surface area contributed by atoms with Gasteiger partial charge >= 0.3 is 0 Å². The first-order valence-electron chi connectivity index (χ1n) is 8.34. The molecule has 0 heterocycles. The zero-order valence-electron chi connectivity index (χ0n) is 15.1. The Morgan fingerprint density at radius 3 is 2.38 bits per heavy atom. The third kappa shape index (κ3) is 9.20. The molecule has 2 atom stereocenters. The Morgan fingerprint density at radius 1 is 1.17 bits per heavy atom. The lowest BCUT2D eigenvalue weighted by molar-refractivity contribution is -0.0809. The summed E-state index contributed by atoms with van der Waals surface area (Å²) in [5.41, 5.74) is 0.156. The highest BCUT2D eigenvalue weighted by Gasteiger charge is 2.19. The van der Waals surface area contributed by atoms with Gasteiger partial charge in [-0.2, -0.15) is 0 Å². The molecular weight excluding hydrogens is 310 g/mol. The molecule has 6 heteroatoms. The summed E-state index contributed by atoms with van der Waals surface area (Å²) in [6.45, 7) is 6.21. The Balaban J connectivity index is 2.31. The molecule has 0 aliphatic carbocycles. The van der Waals surface area contributed by atoms with Crippen molar-refractivity contribution in [2.24, 2.45) is 0 Å². The molecule has 0 aliphatic heterocycles. The summed E-state index contributed by atoms with van der Waals surface area (Å²) < 4.78 is 16.2. The average Bonchev–Trinajstić information content (AvgIpc) is 2.54. The molecular formula is C18H31NO5. The number of hydrogen-bond acceptors (Lipinski definition) is 6. The minimum absolute atomic E-state index is 0.132. The minimum Gasteiger partial charge on any atom is -0.491 e. The molecule has 0 saturated heterocycles. The van der Waals surface area contributed by atoms with E-state index in [1.54, 1.807) is 21.0 Å². The van der Waals surface area contributed by atoms with Crippen LogP contribution in [0.4, 0.5) is 0 Å². The molecule has 0 aromatic heterocycles. The molecule has 138 valence electrons. The molecule has 0 amide bonds. The first kappa shape index (κ1) is 20.9. The molecule has 2 unspecified atom stereocenters. The molecule has 24 heavy (non-hydrogen) atoms. The van der Waals surface area contributed by atoms with Crippen molar-refractivity contribution in [3.05, 3.63) is 29.8 Å². The Labute approximate surface area is 144 Å². The van der Waals surface area contributed by atoms with E-state index in [-0.39, 0.29) is 19.4 Å². The number of aliphatic hydroxyl groups excluding tert-OH is 1. The number of nitrogens with one attached hydrogen (secondary N) is 1. The van der Waals surface area contributed by atoms with Gasteiger partial charge in [-0.15, -0.1) is 0 Å². The van der Waals surface area contributed by atoms with Crippen LogP contribution in [-0.2, 0) is 15.9 Å². The van der Waals surface area contributed by atoms with Crippen LogP contribution in [0.3, 0.4) is 0 Å². The third-order valence-electron chi connectivity index (χ3n) is 3.34. The van der Waals surface area contributed by atoms with Crippen molar-refractivity contribution in [2.45, 2.75) is 51.7 Å². The quantitative estimate of drug-likeness (QED) is 0.502. The zero-order chi connectivity index (χ0) is 18.0. The van der Waals surface area contributed by atoms with Crippen LogP contribution in [0.1, 0.15) is 32.8 Å². The molecule has 1 aromatic carbocycles. The zero-order valence-corrected chi connectivity index (χ0v) is 15.1. The second-order valence-corrected chi connectivity index (χ2v) is 6.29. The van der Waals surface area contributed by atoms with E-state index < -0.39 is 11.8 Å². The molecule has 3 N–H and O–H groups in total. The fourth-order valence-corrected chi connectivity index (χ4v) is 2.10. The number of hydrogen-bond donors (Lipinski definition) is 3. The SMILES string of the molecule is CCC(NC(C)(C)O)OCC(O)COc1ccc(CCOC)cc1. The summed E-state index contributed by atoms with van der Waals surface area (Å²) in [6.07, 6.45) is 0.482. The molecule has 0 aliphatic rings. The standard InChI is InChI=1S/C18H31NO5/c1-5-17(19-18(2,3)21)24-13-15(20)12-23-16-8-6-14(7-9-16)10-11-22-4/h6-9,15,17,19-21H,5,10-13H2,1-4H3. The van der Waals surface area contributed by atoms with Gasteiger partial charge in [0.25, 0.3) is 0 Å². The van der Waals surface area contributed by atoms with Gasteiger partial charge in [-0.25, -0.2) is 0 Å². The lowest BCUT2D eigenvalue weighted by Crippen LogP contribution is -2.47. The highest BCUT2D eigenvalue weighted by molar-refractivity contribution is 5.27. The Morgan fingerprint density at radius 2 is 1.83 bits per heavy atom. The number of ether oxygens (including phenoxy) is 3. The second-order valence-electron chi connectivity index (χ2n) is 6.29. The Kier molecular flexibility index (Phi) is 9.25. The Bertz CT molecular complexity index is 444. The van der Waals surface area contributed by atoms with Crippen LogP contribution in [0, 0.1) is 0 Å². The normalized spacial score (nSPS) is 14.4. The Hall–Kier alpha value is -1.18. The van der Waals surface area contributed by atoms with Crippen molar-refractivity contribution in [2.75, 3.05) is 26.9 Å². The summed E-state index contributed by atoms with van der Waals surface area (Å²) >= 11 is 0. The van der Waals surface area contributed by atoms with Gasteiger partial charge in [0.15, 0.2) is 0 Å². The fraction of sp³-hybridized carbons (Fsp3) is 0.667. The third-order valence-corrected chi connectivity index (χ3v) is 3.34. The smallest absolute Gasteiger partial charge is 0.119 e. The van der Waals surface area contributed by atoms with Crippen LogP contribution < -0.4 is 10.1 Å². The van der Waals surface area contributed by atoms with Gasteiger partial charge < -0.3 is 24.4 Å². The predicted molar refractivity (Wildman–Crippen MR) is 93.0 cm³/mol. The first-order valence-corrected chi connectivity index (χ1v) is 8.34. The minimum atomic E-state index is -1.02. The van der Waals surface area contributed by atoms with Gasteiger partial charge in [-0.05, 0) is 44.4 Å². The van der Waals surface area contributed by atoms with Crippen LogP contribution in [0.5, 0.6) is 5.75 Å². The monoisotopic (exact) mass is 341 g/mol. The van der Waals surface area contributed by atoms with Crippen LogP contribution >= 0.6 is 0 Å². The molecule has 0 fully saturated rings. The van der Waals surface area contributed by atoms with Crippen molar-refractivity contribution in [3.63, 3.8) is 0 Å². The molecule has 1 rings (SSSR count). The molecule has 6 nitrogen and oxygen atoms in total. The largest absolute Gasteiger partial charge is 0.491 e. The van der Waals surface area contributed by atoms with Gasteiger partial charge in [0.2, 0.25) is 0 Å². The maximum atomic E-state index is 9.97. The summed E-state index contributed by atoms with van der Waals surface area (Å²) in [5, 5.41) is 22.6. The lowest BCUT2D eigenvalue weighted by atomic mass is 10.1. The molecule has 0 radical (unpaired) electrons. The maximum absolute atomic E-state index is 9.97. The van der Waals surface area contributed by atoms with Gasteiger partial charge in [0.05, 0.1) is 13.2 Å². The van der Waals surface area contributed by atoms with Crippen molar-refractivity contribution < 1.29 is 24.4 Å². The van der Waals surface area contributed by atoms with Crippen molar-refractivity contribution in [1.29, 1.82) is 0 Å². The van der Waals surface area contributed by atoms with Gasteiger partial charge in [-0.3, -0.25) is 5.32 Å². The number of rotatable bonds is 12. The number of aliphatic hydroxyl groups is 2. The van der Waals surface area contributed by atoms with Gasteiger partial charge in [0, 0.05) is 7.11 Å². The van der Waals surface area contributed by atoms with Gasteiger partial charge in [0.1, 0.15) is 30.4 Å². The summed E-state index contributed by atoms with van der Waals surface area (Å²) in [6, 6.07) is 7.72. The summed E-state index contributed by atoms with van der Waals surface area (Å²) in [4.78, 5) is 0. The topological polar surface area (TPSA) is 80.2 Å². The van der Waals surface area contributed by atoms with Crippen molar-refractivity contribution >= 4 is 0 Å². The maximum Gasteiger partial charge on any atom is 0.119 e. The van der Waals surface area contributed by atoms with Crippen LogP contribution in [0.2, 0.25) is 0 Å². The van der Waals surface area contributed by atoms with E-state index in [1.807, 2.05) is 31.2 Å². The van der Waals surface area contributed by atoms with Crippen LogP contribution in [0.25, 0.3) is 0 Å². The number of methoxy groups -OCH3 is 1. The van der Waals surface area contributed by atoms with E-state index in [0.29, 0.717) is 18.8 Å². The number of benzene rings is 1. The highest BCUT2D eigenvalue weighted by Crippen LogP contribution is 2.13. The van der Waals surface area contributed by atoms with E-state index in [0.717, 1.165) is 6.42 Å². The van der Waals surface area contributed by atoms with E-state index in [4.69, 9.17) is 14.2 Å². The molecule has 0 bridgehead atoms. The molecule has 0 saturated carbocycles. The van der Waals surface area contributed by atoms with Crippen molar-refractivity contribution in [3.8, 4) is 5.75 Å². The first-order chi connectivity index (χ1) is 11.3. The van der Waals surface area contributed by atoms with Gasteiger partial charge in [-0.1, -0.05) is 19.1 Å². The van der Waals surface area contributed by atoms with Crippen LogP contribution in [0.15, 0.2) is 24.3 Å². The van der Waals surface area contributed by atoms with E-state index in [1.165, 1.54) is 5.56 Å². The average molecular weight is 341 g/mol. The van der Waals surface area contributed by atoms with E-state index in [9.17, 15) is 10.2 Å². The van der Waals surface area contributed by atoms with E-state index in [2.05, 4.69) is 5.32 Å². The second kappa shape index (κ2) is 10.6. The predicted octanol–water partition coefficient (Wildman–Crippen LogP) is 1.69. The van der Waals surface area contributed by atoms with Crippen LogP contribution in [-0.4, -0.2) is 55.2 Å². The van der Waals surface area contributed by atoms with E-state index >= 15 is 0 Å². The molecule has 1 aromatic rings.